The van der Waals surface area contributed by atoms with Gasteiger partial charge in [-0.2, -0.15) is 0 Å². The molecule has 0 bridgehead atoms. The van der Waals surface area contributed by atoms with Crippen molar-refractivity contribution in [3.63, 3.8) is 0 Å². The number of aliphatic imine (C=N–C) groups is 1. The highest BCUT2D eigenvalue weighted by Crippen LogP contribution is 2.29. The number of nitrogens with zero attached hydrogens (tertiary/aromatic N) is 1. The molecule has 0 spiro atoms. The van der Waals surface area contributed by atoms with Crippen LogP contribution in [0.5, 0.6) is 0 Å². The first-order valence-electron chi connectivity index (χ1n) is 5.68. The summed E-state index contributed by atoms with van der Waals surface area (Å²) in [6.07, 6.45) is 4.23. The van der Waals surface area contributed by atoms with Crippen LogP contribution in [0.2, 0.25) is 0 Å². The first-order chi connectivity index (χ1) is 8.22. The van der Waals surface area contributed by atoms with Crippen molar-refractivity contribution >= 4 is 23.7 Å². The van der Waals surface area contributed by atoms with Gasteiger partial charge in [0.05, 0.1) is 0 Å². The third-order valence-corrected chi connectivity index (χ3v) is 3.28. The summed E-state index contributed by atoms with van der Waals surface area (Å²) < 4.78 is 5.44. The van der Waals surface area contributed by atoms with Crippen LogP contribution in [0.3, 0.4) is 0 Å². The van der Waals surface area contributed by atoms with Gasteiger partial charge in [0.15, 0.2) is 5.90 Å². The Hall–Kier alpha value is -1.22. The smallest absolute Gasteiger partial charge is 0.180 e. The standard InChI is InChI=1S/C14H17NOS/c1-10-5-4-6-13(12(10)7-8-17-3)14-9-16-11(2)15-14/h4-8,14H,9H2,1-3H3/b8-7-. The Balaban J connectivity index is 2.39. The fourth-order valence-corrected chi connectivity index (χ4v) is 2.28. The Kier molecular flexibility index (Phi) is 3.89. The third-order valence-electron chi connectivity index (χ3n) is 2.88. The lowest BCUT2D eigenvalue weighted by Gasteiger charge is -2.12. The predicted octanol–water partition coefficient (Wildman–Crippen LogP) is 3.82. The van der Waals surface area contributed by atoms with E-state index in [1.54, 1.807) is 11.8 Å². The quantitative estimate of drug-likeness (QED) is 0.810. The Morgan fingerprint density at radius 3 is 2.88 bits per heavy atom. The zero-order valence-corrected chi connectivity index (χ0v) is 11.3. The number of hydrogen-bond acceptors (Lipinski definition) is 3. The zero-order valence-electron chi connectivity index (χ0n) is 10.4. The van der Waals surface area contributed by atoms with Gasteiger partial charge in [0.25, 0.3) is 0 Å². The molecule has 0 aromatic heterocycles. The van der Waals surface area contributed by atoms with E-state index >= 15 is 0 Å². The highest BCUT2D eigenvalue weighted by molar-refractivity contribution is 8.01. The first-order valence-corrected chi connectivity index (χ1v) is 6.97. The summed E-state index contributed by atoms with van der Waals surface area (Å²) in [4.78, 5) is 4.52. The van der Waals surface area contributed by atoms with Crippen LogP contribution in [-0.4, -0.2) is 18.8 Å². The number of ether oxygens (including phenoxy) is 1. The molecular formula is C14H17NOS. The molecule has 1 atom stereocenters. The Bertz CT molecular complexity index is 465. The van der Waals surface area contributed by atoms with Gasteiger partial charge in [-0.15, -0.1) is 11.8 Å². The molecule has 1 aliphatic heterocycles. The van der Waals surface area contributed by atoms with E-state index in [0.717, 1.165) is 5.90 Å². The maximum atomic E-state index is 5.44. The summed E-state index contributed by atoms with van der Waals surface area (Å²) in [5.74, 6) is 0.788. The Labute approximate surface area is 107 Å². The highest BCUT2D eigenvalue weighted by atomic mass is 32.2. The minimum Gasteiger partial charge on any atom is -0.479 e. The van der Waals surface area contributed by atoms with Crippen molar-refractivity contribution in [2.45, 2.75) is 19.9 Å². The normalized spacial score (nSPS) is 19.5. The first kappa shape index (κ1) is 12.2. The van der Waals surface area contributed by atoms with Crippen LogP contribution in [0.15, 0.2) is 28.6 Å². The van der Waals surface area contributed by atoms with Gasteiger partial charge in [-0.3, -0.25) is 0 Å². The molecule has 1 unspecified atom stereocenters. The van der Waals surface area contributed by atoms with Crippen LogP contribution in [0.25, 0.3) is 6.08 Å². The van der Waals surface area contributed by atoms with E-state index < -0.39 is 0 Å². The second-order valence-electron chi connectivity index (χ2n) is 4.09. The van der Waals surface area contributed by atoms with Gasteiger partial charge in [-0.05, 0) is 41.4 Å². The minimum atomic E-state index is 0.149. The van der Waals surface area contributed by atoms with Gasteiger partial charge >= 0.3 is 0 Å². The molecule has 0 saturated heterocycles. The third kappa shape index (κ3) is 2.72. The summed E-state index contributed by atoms with van der Waals surface area (Å²) >= 11 is 1.71. The van der Waals surface area contributed by atoms with Crippen LogP contribution >= 0.6 is 11.8 Å². The van der Waals surface area contributed by atoms with Gasteiger partial charge in [0.2, 0.25) is 0 Å². The number of benzene rings is 1. The topological polar surface area (TPSA) is 21.6 Å². The summed E-state index contributed by atoms with van der Waals surface area (Å²) in [5, 5.41) is 2.11. The number of aryl methyl sites for hydroxylation is 1. The maximum absolute atomic E-state index is 5.44. The van der Waals surface area contributed by atoms with Crippen LogP contribution < -0.4 is 0 Å². The van der Waals surface area contributed by atoms with E-state index in [-0.39, 0.29) is 6.04 Å². The molecule has 2 nitrogen and oxygen atoms in total. The van der Waals surface area contributed by atoms with E-state index in [0.29, 0.717) is 6.61 Å². The minimum absolute atomic E-state index is 0.149. The lowest BCUT2D eigenvalue weighted by atomic mass is 9.97. The maximum Gasteiger partial charge on any atom is 0.180 e. The van der Waals surface area contributed by atoms with Crippen molar-refractivity contribution in [2.75, 3.05) is 12.9 Å². The summed E-state index contributed by atoms with van der Waals surface area (Å²) in [6.45, 7) is 4.71. The number of hydrogen-bond donors (Lipinski definition) is 0. The monoisotopic (exact) mass is 247 g/mol. The average molecular weight is 247 g/mol. The van der Waals surface area contributed by atoms with Gasteiger partial charge in [-0.1, -0.05) is 18.2 Å². The number of rotatable bonds is 3. The van der Waals surface area contributed by atoms with Crippen molar-refractivity contribution in [2.24, 2.45) is 4.99 Å². The van der Waals surface area contributed by atoms with E-state index in [9.17, 15) is 0 Å². The molecule has 0 radical (unpaired) electrons. The Morgan fingerprint density at radius 1 is 1.41 bits per heavy atom. The van der Waals surface area contributed by atoms with Crippen LogP contribution in [0.4, 0.5) is 0 Å². The average Bonchev–Trinajstić information content (AvgIpc) is 2.74. The van der Waals surface area contributed by atoms with Gasteiger partial charge < -0.3 is 4.74 Å². The second kappa shape index (κ2) is 5.41. The molecule has 0 saturated carbocycles. The van der Waals surface area contributed by atoms with E-state index in [4.69, 9.17) is 4.74 Å². The zero-order chi connectivity index (χ0) is 12.3. The van der Waals surface area contributed by atoms with Gasteiger partial charge in [0.1, 0.15) is 12.6 Å². The summed E-state index contributed by atoms with van der Waals surface area (Å²) in [5.41, 5.74) is 3.81. The number of thioether (sulfide) groups is 1. The fraction of sp³-hybridized carbons (Fsp3) is 0.357. The van der Waals surface area contributed by atoms with Crippen LogP contribution in [-0.2, 0) is 4.74 Å². The molecule has 17 heavy (non-hydrogen) atoms. The summed E-state index contributed by atoms with van der Waals surface area (Å²) in [6, 6.07) is 6.51. The summed E-state index contributed by atoms with van der Waals surface area (Å²) in [7, 11) is 0. The lowest BCUT2D eigenvalue weighted by molar-refractivity contribution is 0.317. The molecule has 0 amide bonds. The molecule has 1 aromatic rings. The molecule has 1 aromatic carbocycles. The van der Waals surface area contributed by atoms with Gasteiger partial charge in [0, 0.05) is 6.92 Å². The lowest BCUT2D eigenvalue weighted by Crippen LogP contribution is -2.01. The van der Waals surface area contributed by atoms with E-state index in [2.05, 4.69) is 47.9 Å². The second-order valence-corrected chi connectivity index (χ2v) is 4.83. The van der Waals surface area contributed by atoms with Crippen molar-refractivity contribution in [1.29, 1.82) is 0 Å². The van der Waals surface area contributed by atoms with Crippen LogP contribution in [0, 0.1) is 6.92 Å². The molecule has 0 aliphatic carbocycles. The Morgan fingerprint density at radius 2 is 2.24 bits per heavy atom. The molecule has 2 rings (SSSR count). The van der Waals surface area contributed by atoms with Crippen molar-refractivity contribution in [3.8, 4) is 0 Å². The SMILES string of the molecule is CS/C=C\c1c(C)cccc1C1COC(C)=N1. The molecule has 1 aliphatic rings. The van der Waals surface area contributed by atoms with Crippen molar-refractivity contribution in [1.82, 2.24) is 0 Å². The molecular weight excluding hydrogens is 230 g/mol. The van der Waals surface area contributed by atoms with Crippen LogP contribution in [0.1, 0.15) is 29.7 Å². The van der Waals surface area contributed by atoms with E-state index in [1.165, 1.54) is 16.7 Å². The fourth-order valence-electron chi connectivity index (χ4n) is 2.01. The predicted molar refractivity (Wildman–Crippen MR) is 75.5 cm³/mol. The van der Waals surface area contributed by atoms with Gasteiger partial charge in [-0.25, -0.2) is 4.99 Å². The largest absolute Gasteiger partial charge is 0.479 e. The molecule has 0 N–H and O–H groups in total. The highest BCUT2D eigenvalue weighted by Gasteiger charge is 2.20. The van der Waals surface area contributed by atoms with Crippen molar-refractivity contribution < 1.29 is 4.74 Å². The van der Waals surface area contributed by atoms with E-state index in [1.807, 2.05) is 6.92 Å². The molecule has 3 heteroatoms. The molecule has 1 heterocycles. The van der Waals surface area contributed by atoms with Crippen molar-refractivity contribution in [3.05, 3.63) is 40.3 Å². The molecule has 90 valence electrons. The molecule has 0 fully saturated rings.